The van der Waals surface area contributed by atoms with Crippen molar-refractivity contribution < 1.29 is 9.72 Å². The minimum absolute atomic E-state index is 0.0479. The maximum absolute atomic E-state index is 12.5. The van der Waals surface area contributed by atoms with E-state index >= 15 is 0 Å². The molecule has 0 aliphatic heterocycles. The maximum atomic E-state index is 12.5. The van der Waals surface area contributed by atoms with Crippen molar-refractivity contribution in [3.63, 3.8) is 0 Å². The quantitative estimate of drug-likeness (QED) is 0.202. The average molecular weight is 451 g/mol. The van der Waals surface area contributed by atoms with E-state index in [9.17, 15) is 20.2 Å². The van der Waals surface area contributed by atoms with Gasteiger partial charge < -0.3 is 10.6 Å². The number of carbonyl (C=O) groups is 1. The second-order valence-corrected chi connectivity index (χ2v) is 7.63. The standard InChI is InChI=1S/C22H15ClN4O3S/c23-18-11-10-16(12-20(18)27(29)30)26-22(28)15(13-24)14-25-19-8-4-5-9-21(19)31-17-6-2-1-3-7-17/h1-12,14,25H,(H,26,28)/b15-14-. The van der Waals surface area contributed by atoms with Crippen molar-refractivity contribution in [2.24, 2.45) is 0 Å². The number of nitrogens with one attached hydrogen (secondary N) is 2. The van der Waals surface area contributed by atoms with Crippen LogP contribution in [0.5, 0.6) is 0 Å². The SMILES string of the molecule is N#C/C(=C/Nc1ccccc1Sc1ccccc1)C(=O)Nc1ccc(Cl)c([N+](=O)[O-])c1. The number of rotatable bonds is 7. The Kier molecular flexibility index (Phi) is 7.27. The van der Waals surface area contributed by atoms with Gasteiger partial charge in [-0.3, -0.25) is 14.9 Å². The second-order valence-electron chi connectivity index (χ2n) is 6.10. The smallest absolute Gasteiger partial charge is 0.289 e. The van der Waals surface area contributed by atoms with E-state index in [4.69, 9.17) is 11.6 Å². The van der Waals surface area contributed by atoms with Crippen LogP contribution in [0.25, 0.3) is 0 Å². The molecule has 3 rings (SSSR count). The summed E-state index contributed by atoms with van der Waals surface area (Å²) in [6.45, 7) is 0. The highest BCUT2D eigenvalue weighted by molar-refractivity contribution is 7.99. The zero-order chi connectivity index (χ0) is 22.2. The lowest BCUT2D eigenvalue weighted by Gasteiger charge is -2.10. The van der Waals surface area contributed by atoms with Crippen LogP contribution in [0.3, 0.4) is 0 Å². The Bertz CT molecular complexity index is 1190. The van der Waals surface area contributed by atoms with E-state index in [0.29, 0.717) is 0 Å². The van der Waals surface area contributed by atoms with E-state index in [1.54, 1.807) is 0 Å². The second kappa shape index (κ2) is 10.3. The lowest BCUT2D eigenvalue weighted by Crippen LogP contribution is -2.14. The summed E-state index contributed by atoms with van der Waals surface area (Å²) in [6, 6.07) is 23.0. The minimum Gasteiger partial charge on any atom is -0.359 e. The van der Waals surface area contributed by atoms with Gasteiger partial charge >= 0.3 is 0 Å². The number of halogens is 1. The molecule has 2 N–H and O–H groups in total. The first kappa shape index (κ1) is 21.9. The molecule has 0 aliphatic rings. The molecule has 0 heterocycles. The summed E-state index contributed by atoms with van der Waals surface area (Å²) in [5, 5.41) is 25.8. The number of hydrogen-bond donors (Lipinski definition) is 2. The molecule has 1 amide bonds. The molecule has 31 heavy (non-hydrogen) atoms. The molecule has 0 unspecified atom stereocenters. The van der Waals surface area contributed by atoms with Crippen LogP contribution in [0.2, 0.25) is 5.02 Å². The Morgan fingerprint density at radius 2 is 1.81 bits per heavy atom. The number of nitro groups is 1. The normalized spacial score (nSPS) is 10.8. The van der Waals surface area contributed by atoms with Gasteiger partial charge in [0.15, 0.2) is 0 Å². The molecule has 154 valence electrons. The van der Waals surface area contributed by atoms with Crippen molar-refractivity contribution in [1.29, 1.82) is 5.26 Å². The van der Waals surface area contributed by atoms with Crippen molar-refractivity contribution in [2.75, 3.05) is 10.6 Å². The molecular formula is C22H15ClN4O3S. The van der Waals surface area contributed by atoms with E-state index in [0.717, 1.165) is 21.5 Å². The van der Waals surface area contributed by atoms with Gasteiger partial charge in [-0.15, -0.1) is 0 Å². The van der Waals surface area contributed by atoms with Crippen LogP contribution in [0.1, 0.15) is 0 Å². The molecule has 3 aromatic carbocycles. The summed E-state index contributed by atoms with van der Waals surface area (Å²) in [7, 11) is 0. The first-order chi connectivity index (χ1) is 15.0. The predicted octanol–water partition coefficient (Wildman–Crippen LogP) is 5.86. The molecule has 0 fully saturated rings. The summed E-state index contributed by atoms with van der Waals surface area (Å²) in [4.78, 5) is 24.8. The van der Waals surface area contributed by atoms with Gasteiger partial charge in [-0.05, 0) is 36.4 Å². The van der Waals surface area contributed by atoms with Crippen molar-refractivity contribution in [3.8, 4) is 6.07 Å². The Balaban J connectivity index is 1.76. The van der Waals surface area contributed by atoms with Crippen molar-refractivity contribution in [2.45, 2.75) is 9.79 Å². The van der Waals surface area contributed by atoms with Gasteiger partial charge in [-0.25, -0.2) is 0 Å². The molecule has 0 bridgehead atoms. The lowest BCUT2D eigenvalue weighted by molar-refractivity contribution is -0.384. The molecule has 0 aromatic heterocycles. The predicted molar refractivity (Wildman–Crippen MR) is 121 cm³/mol. The number of para-hydroxylation sites is 1. The average Bonchev–Trinajstić information content (AvgIpc) is 2.77. The molecule has 0 saturated carbocycles. The monoisotopic (exact) mass is 450 g/mol. The third kappa shape index (κ3) is 5.85. The van der Waals surface area contributed by atoms with Crippen LogP contribution < -0.4 is 10.6 Å². The molecule has 0 atom stereocenters. The number of hydrogen-bond acceptors (Lipinski definition) is 6. The number of nitriles is 1. The third-order valence-corrected chi connectivity index (χ3v) is 5.40. The summed E-state index contributed by atoms with van der Waals surface area (Å²) in [6.07, 6.45) is 1.30. The van der Waals surface area contributed by atoms with E-state index in [2.05, 4.69) is 10.6 Å². The first-order valence-corrected chi connectivity index (χ1v) is 10.1. The highest BCUT2D eigenvalue weighted by atomic mass is 35.5. The van der Waals surface area contributed by atoms with Crippen molar-refractivity contribution in [1.82, 2.24) is 0 Å². The summed E-state index contributed by atoms with van der Waals surface area (Å²) in [5.41, 5.74) is 0.338. The Morgan fingerprint density at radius 1 is 1.10 bits per heavy atom. The number of anilines is 2. The topological polar surface area (TPSA) is 108 Å². The number of benzene rings is 3. The molecule has 0 aliphatic carbocycles. The number of carbonyl (C=O) groups excluding carboxylic acids is 1. The minimum atomic E-state index is -0.709. The fraction of sp³-hybridized carbons (Fsp3) is 0. The van der Waals surface area contributed by atoms with Crippen LogP contribution in [-0.4, -0.2) is 10.8 Å². The Morgan fingerprint density at radius 3 is 2.52 bits per heavy atom. The van der Waals surface area contributed by atoms with E-state index < -0.39 is 10.8 Å². The molecule has 3 aromatic rings. The van der Waals surface area contributed by atoms with Gasteiger partial charge in [0.1, 0.15) is 16.7 Å². The molecule has 9 heteroatoms. The van der Waals surface area contributed by atoms with Gasteiger partial charge in [0.2, 0.25) is 0 Å². The summed E-state index contributed by atoms with van der Waals surface area (Å²) < 4.78 is 0. The molecule has 0 spiro atoms. The molecule has 7 nitrogen and oxygen atoms in total. The van der Waals surface area contributed by atoms with E-state index in [-0.39, 0.29) is 22.0 Å². The number of nitro benzene ring substituents is 1. The summed E-state index contributed by atoms with van der Waals surface area (Å²) >= 11 is 7.32. The zero-order valence-corrected chi connectivity index (χ0v) is 17.5. The Hall–Kier alpha value is -3.80. The number of amides is 1. The van der Waals surface area contributed by atoms with Gasteiger partial charge in [0.05, 0.1) is 10.6 Å². The van der Waals surface area contributed by atoms with Gasteiger partial charge in [-0.2, -0.15) is 5.26 Å². The van der Waals surface area contributed by atoms with Crippen molar-refractivity contribution in [3.05, 3.63) is 99.7 Å². The van der Waals surface area contributed by atoms with Crippen LogP contribution in [0, 0.1) is 21.4 Å². The van der Waals surface area contributed by atoms with Crippen LogP contribution in [0.15, 0.2) is 94.4 Å². The van der Waals surface area contributed by atoms with Crippen LogP contribution in [-0.2, 0) is 4.79 Å². The fourth-order valence-electron chi connectivity index (χ4n) is 2.52. The molecule has 0 saturated heterocycles. The van der Waals surface area contributed by atoms with Crippen molar-refractivity contribution >= 4 is 46.3 Å². The molecular weight excluding hydrogens is 436 g/mol. The Labute approximate surface area is 187 Å². The zero-order valence-electron chi connectivity index (χ0n) is 15.9. The van der Waals surface area contributed by atoms with Crippen LogP contribution >= 0.6 is 23.4 Å². The van der Waals surface area contributed by atoms with Gasteiger partial charge in [0.25, 0.3) is 11.6 Å². The summed E-state index contributed by atoms with van der Waals surface area (Å²) in [5.74, 6) is -0.709. The highest BCUT2D eigenvalue weighted by Crippen LogP contribution is 2.33. The largest absolute Gasteiger partial charge is 0.359 e. The fourth-order valence-corrected chi connectivity index (χ4v) is 3.63. The van der Waals surface area contributed by atoms with Gasteiger partial charge in [-0.1, -0.05) is 53.7 Å². The number of nitrogens with zero attached hydrogens (tertiary/aromatic N) is 2. The van der Waals surface area contributed by atoms with E-state index in [1.807, 2.05) is 60.7 Å². The highest BCUT2D eigenvalue weighted by Gasteiger charge is 2.16. The van der Waals surface area contributed by atoms with Crippen LogP contribution in [0.4, 0.5) is 17.1 Å². The molecule has 0 radical (unpaired) electrons. The third-order valence-electron chi connectivity index (χ3n) is 4.00. The van der Waals surface area contributed by atoms with E-state index in [1.165, 1.54) is 30.1 Å². The van der Waals surface area contributed by atoms with Gasteiger partial charge in [0, 0.05) is 27.7 Å². The first-order valence-electron chi connectivity index (χ1n) is 8.92. The lowest BCUT2D eigenvalue weighted by atomic mass is 10.2. The maximum Gasteiger partial charge on any atom is 0.289 e.